The molecule has 0 radical (unpaired) electrons. The van der Waals surface area contributed by atoms with Crippen molar-refractivity contribution in [2.24, 2.45) is 0 Å². The lowest BCUT2D eigenvalue weighted by Crippen LogP contribution is -1.93. The summed E-state index contributed by atoms with van der Waals surface area (Å²) in [6.07, 6.45) is 2.88. The second-order valence-corrected chi connectivity index (χ2v) is 1.99. The van der Waals surface area contributed by atoms with Crippen molar-refractivity contribution in [1.29, 1.82) is 0 Å². The number of carbonyl (C=O) groups excluding carboxylic acids is 1. The quantitative estimate of drug-likeness (QED) is 0.483. The van der Waals surface area contributed by atoms with Crippen molar-refractivity contribution in [3.8, 4) is 0 Å². The maximum Gasteiger partial charge on any atom is 0.158 e. The number of carbonyl (C=O) groups is 1. The van der Waals surface area contributed by atoms with Crippen LogP contribution < -0.4 is 0 Å². The molecule has 0 rings (SSSR count). The Kier molecular flexibility index (Phi) is 14.8. The number of hydrogen-bond donors (Lipinski definition) is 0. The summed E-state index contributed by atoms with van der Waals surface area (Å²) in [7, 11) is 1.58. The molecule has 0 spiro atoms. The average molecular weight is 174 g/mol. The smallest absolute Gasteiger partial charge is 0.158 e. The summed E-state index contributed by atoms with van der Waals surface area (Å²) in [6.45, 7) is 3.79. The minimum atomic E-state index is 0. The highest BCUT2D eigenvalue weighted by Crippen LogP contribution is 2.01. The summed E-state index contributed by atoms with van der Waals surface area (Å²) in [4.78, 5) is 10.8. The van der Waals surface area contributed by atoms with E-state index in [9.17, 15) is 4.79 Å². The zero-order valence-electron chi connectivity index (χ0n) is 6.81. The molecule has 12 heavy (non-hydrogen) atoms. The molecular weight excluding hydrogens is 152 g/mol. The molecule has 2 heteroatoms. The predicted molar refractivity (Wildman–Crippen MR) is 54.1 cm³/mol. The van der Waals surface area contributed by atoms with Gasteiger partial charge in [-0.15, -0.1) is 0 Å². The van der Waals surface area contributed by atoms with Gasteiger partial charge in [-0.3, -0.25) is 4.79 Å². The van der Waals surface area contributed by atoms with Gasteiger partial charge < -0.3 is 4.74 Å². The van der Waals surface area contributed by atoms with Crippen molar-refractivity contribution in [2.45, 2.75) is 41.5 Å². The SMILES string of the molecule is C.C.CCC(=O)/C=C(\CC)OC. The zero-order valence-corrected chi connectivity index (χ0v) is 6.81. The Morgan fingerprint density at radius 2 is 1.75 bits per heavy atom. The van der Waals surface area contributed by atoms with E-state index >= 15 is 0 Å². The van der Waals surface area contributed by atoms with Gasteiger partial charge in [-0.1, -0.05) is 28.7 Å². The van der Waals surface area contributed by atoms with E-state index in [1.165, 1.54) is 0 Å². The van der Waals surface area contributed by atoms with Crippen LogP contribution in [0.1, 0.15) is 41.5 Å². The molecule has 0 aliphatic carbocycles. The molecule has 74 valence electrons. The molecule has 0 saturated carbocycles. The maximum absolute atomic E-state index is 10.8. The van der Waals surface area contributed by atoms with Crippen LogP contribution in [0.3, 0.4) is 0 Å². The summed E-state index contributed by atoms with van der Waals surface area (Å²) in [5.74, 6) is 0.880. The molecule has 0 fully saturated rings. The molecule has 0 aromatic carbocycles. The fraction of sp³-hybridized carbons (Fsp3) is 0.700. The Morgan fingerprint density at radius 1 is 1.25 bits per heavy atom. The van der Waals surface area contributed by atoms with Crippen LogP contribution in [0.25, 0.3) is 0 Å². The molecule has 0 aliphatic heterocycles. The third-order valence-electron chi connectivity index (χ3n) is 1.28. The third-order valence-corrected chi connectivity index (χ3v) is 1.28. The Morgan fingerprint density at radius 3 is 2.00 bits per heavy atom. The van der Waals surface area contributed by atoms with Crippen molar-refractivity contribution in [2.75, 3.05) is 7.11 Å². The molecule has 0 bridgehead atoms. The van der Waals surface area contributed by atoms with E-state index in [2.05, 4.69) is 0 Å². The van der Waals surface area contributed by atoms with E-state index in [-0.39, 0.29) is 20.6 Å². The first-order valence-corrected chi connectivity index (χ1v) is 3.52. The highest BCUT2D eigenvalue weighted by molar-refractivity contribution is 5.89. The minimum Gasteiger partial charge on any atom is -0.501 e. The van der Waals surface area contributed by atoms with Crippen molar-refractivity contribution in [1.82, 2.24) is 0 Å². The van der Waals surface area contributed by atoms with Gasteiger partial charge in [0.15, 0.2) is 5.78 Å². The molecule has 2 nitrogen and oxygen atoms in total. The number of methoxy groups -OCH3 is 1. The average Bonchev–Trinajstić information content (AvgIpc) is 1.99. The Hall–Kier alpha value is -0.790. The standard InChI is InChI=1S/C8H14O2.2CH4/c1-4-7(9)6-8(5-2)10-3;;/h6H,4-5H2,1-3H3;2*1H4/b8-6+;;. The van der Waals surface area contributed by atoms with Gasteiger partial charge >= 0.3 is 0 Å². The van der Waals surface area contributed by atoms with Crippen LogP contribution in [-0.4, -0.2) is 12.9 Å². The van der Waals surface area contributed by atoms with Crippen LogP contribution in [0.4, 0.5) is 0 Å². The first kappa shape index (κ1) is 17.3. The fourth-order valence-corrected chi connectivity index (χ4v) is 0.587. The molecule has 0 aromatic rings. The molecule has 0 aromatic heterocycles. The zero-order chi connectivity index (χ0) is 7.98. The Labute approximate surface area is 76.6 Å². The van der Waals surface area contributed by atoms with E-state index in [0.29, 0.717) is 6.42 Å². The van der Waals surface area contributed by atoms with Gasteiger partial charge in [0.2, 0.25) is 0 Å². The van der Waals surface area contributed by atoms with E-state index < -0.39 is 0 Å². The van der Waals surface area contributed by atoms with Crippen molar-refractivity contribution < 1.29 is 9.53 Å². The Balaban J connectivity index is -0.000000405. The van der Waals surface area contributed by atoms with Gasteiger partial charge in [-0.05, 0) is 0 Å². The summed E-state index contributed by atoms with van der Waals surface area (Å²) in [5, 5.41) is 0. The number of allylic oxidation sites excluding steroid dienone is 2. The Bertz CT molecular complexity index is 131. The van der Waals surface area contributed by atoms with Gasteiger partial charge in [0.25, 0.3) is 0 Å². The molecule has 0 amide bonds. The van der Waals surface area contributed by atoms with Gasteiger partial charge in [-0.25, -0.2) is 0 Å². The highest BCUT2D eigenvalue weighted by Gasteiger charge is 1.95. The lowest BCUT2D eigenvalue weighted by atomic mass is 10.2. The molecule has 0 N–H and O–H groups in total. The molecular formula is C10H22O2. The monoisotopic (exact) mass is 174 g/mol. The van der Waals surface area contributed by atoms with Crippen molar-refractivity contribution >= 4 is 5.78 Å². The number of hydrogen-bond acceptors (Lipinski definition) is 2. The second kappa shape index (κ2) is 10.2. The van der Waals surface area contributed by atoms with Gasteiger partial charge in [0, 0.05) is 18.9 Å². The first-order valence-electron chi connectivity index (χ1n) is 3.52. The van der Waals surface area contributed by atoms with Crippen LogP contribution in [0.5, 0.6) is 0 Å². The van der Waals surface area contributed by atoms with E-state index in [0.717, 1.165) is 12.2 Å². The molecule has 0 unspecified atom stereocenters. The van der Waals surface area contributed by atoms with E-state index in [1.54, 1.807) is 13.2 Å². The fourth-order valence-electron chi connectivity index (χ4n) is 0.587. The summed E-state index contributed by atoms with van der Waals surface area (Å²) >= 11 is 0. The van der Waals surface area contributed by atoms with Gasteiger partial charge in [0.1, 0.15) is 0 Å². The number of rotatable bonds is 4. The van der Waals surface area contributed by atoms with Crippen molar-refractivity contribution in [3.05, 3.63) is 11.8 Å². The third kappa shape index (κ3) is 7.32. The number of ether oxygens (including phenoxy) is 1. The first-order chi connectivity index (χ1) is 4.74. The molecule has 0 aliphatic rings. The molecule has 0 saturated heterocycles. The van der Waals surface area contributed by atoms with Gasteiger partial charge in [0.05, 0.1) is 12.9 Å². The lowest BCUT2D eigenvalue weighted by Gasteiger charge is -1.99. The number of ketones is 1. The lowest BCUT2D eigenvalue weighted by molar-refractivity contribution is -0.114. The van der Waals surface area contributed by atoms with Crippen molar-refractivity contribution in [3.63, 3.8) is 0 Å². The summed E-state index contributed by atoms with van der Waals surface area (Å²) < 4.78 is 4.91. The topological polar surface area (TPSA) is 26.3 Å². The van der Waals surface area contributed by atoms with Crippen LogP contribution in [0.15, 0.2) is 11.8 Å². The van der Waals surface area contributed by atoms with Crippen LogP contribution in [0.2, 0.25) is 0 Å². The molecule has 0 heterocycles. The van der Waals surface area contributed by atoms with E-state index in [1.807, 2.05) is 13.8 Å². The largest absolute Gasteiger partial charge is 0.501 e. The maximum atomic E-state index is 10.8. The minimum absolute atomic E-state index is 0. The summed E-state index contributed by atoms with van der Waals surface area (Å²) in [5.41, 5.74) is 0. The predicted octanol–water partition coefficient (Wildman–Crippen LogP) is 3.18. The van der Waals surface area contributed by atoms with Crippen LogP contribution in [-0.2, 0) is 9.53 Å². The molecule has 0 atom stereocenters. The van der Waals surface area contributed by atoms with E-state index in [4.69, 9.17) is 4.74 Å². The summed E-state index contributed by atoms with van der Waals surface area (Å²) in [6, 6.07) is 0. The highest BCUT2D eigenvalue weighted by atomic mass is 16.5. The normalized spacial score (nSPS) is 9.42. The van der Waals surface area contributed by atoms with Crippen LogP contribution in [0, 0.1) is 0 Å². The second-order valence-electron chi connectivity index (χ2n) is 1.99. The van der Waals surface area contributed by atoms with Crippen LogP contribution >= 0.6 is 0 Å². The van der Waals surface area contributed by atoms with Gasteiger partial charge in [-0.2, -0.15) is 0 Å².